The van der Waals surface area contributed by atoms with Crippen LogP contribution in [0.5, 0.6) is 0 Å². The van der Waals surface area contributed by atoms with E-state index in [-0.39, 0.29) is 5.56 Å². The highest BCUT2D eigenvalue weighted by molar-refractivity contribution is 5.88. The number of hydrogen-bond acceptors (Lipinski definition) is 5. The number of rotatable bonds is 5. The molecule has 0 radical (unpaired) electrons. The summed E-state index contributed by atoms with van der Waals surface area (Å²) in [5, 5.41) is 23.6. The number of aromatic nitrogens is 2. The molecule has 1 aliphatic heterocycles. The van der Waals surface area contributed by atoms with Crippen LogP contribution in [-0.4, -0.2) is 63.3 Å². The third kappa shape index (κ3) is 3.36. The monoisotopic (exact) mass is 283 g/mol. The number of aryl methyl sites for hydroxylation is 1. The summed E-state index contributed by atoms with van der Waals surface area (Å²) in [5.74, 6) is -0.980. The normalized spacial score (nSPS) is 18.4. The molecule has 0 atom stereocenters. The van der Waals surface area contributed by atoms with Gasteiger partial charge >= 0.3 is 5.97 Å². The van der Waals surface area contributed by atoms with Gasteiger partial charge in [-0.15, -0.1) is 0 Å². The van der Waals surface area contributed by atoms with Crippen LogP contribution in [0.4, 0.5) is 0 Å². The number of carboxylic acids is 1. The molecule has 1 aromatic heterocycles. The molecule has 1 aromatic rings. The van der Waals surface area contributed by atoms with Crippen molar-refractivity contribution in [3.05, 3.63) is 17.5 Å². The Labute approximate surface area is 117 Å². The fraction of sp³-hybridized carbons (Fsp3) is 0.692. The zero-order valence-corrected chi connectivity index (χ0v) is 11.9. The molecular weight excluding hydrogens is 262 g/mol. The van der Waals surface area contributed by atoms with Crippen LogP contribution in [0.1, 0.15) is 28.9 Å². The van der Waals surface area contributed by atoms with Crippen molar-refractivity contribution in [3.8, 4) is 0 Å². The molecule has 1 aliphatic rings. The van der Waals surface area contributed by atoms with Crippen molar-refractivity contribution in [2.45, 2.75) is 25.0 Å². The van der Waals surface area contributed by atoms with Crippen LogP contribution in [-0.2, 0) is 18.3 Å². The molecule has 0 aromatic carbocycles. The molecule has 20 heavy (non-hydrogen) atoms. The lowest BCUT2D eigenvalue weighted by molar-refractivity contribution is -0.0779. The highest BCUT2D eigenvalue weighted by Gasteiger charge is 2.31. The van der Waals surface area contributed by atoms with E-state index in [1.807, 2.05) is 11.9 Å². The van der Waals surface area contributed by atoms with Crippen LogP contribution in [0.15, 0.2) is 6.20 Å². The summed E-state index contributed by atoms with van der Waals surface area (Å²) < 4.78 is 6.82. The van der Waals surface area contributed by atoms with Crippen molar-refractivity contribution in [2.24, 2.45) is 7.05 Å². The molecule has 7 nitrogen and oxygen atoms in total. The number of nitrogens with zero attached hydrogens (tertiary/aromatic N) is 3. The minimum atomic E-state index is -0.980. The van der Waals surface area contributed by atoms with Crippen molar-refractivity contribution in [3.63, 3.8) is 0 Å². The van der Waals surface area contributed by atoms with Gasteiger partial charge in [0.2, 0.25) is 0 Å². The maximum absolute atomic E-state index is 11.1. The highest BCUT2D eigenvalue weighted by Crippen LogP contribution is 2.22. The van der Waals surface area contributed by atoms with Gasteiger partial charge in [0, 0.05) is 46.2 Å². The Hall–Kier alpha value is -1.44. The first kappa shape index (κ1) is 15.0. The van der Waals surface area contributed by atoms with Gasteiger partial charge in [-0.05, 0) is 7.05 Å². The molecule has 0 aliphatic carbocycles. The Morgan fingerprint density at radius 1 is 1.55 bits per heavy atom. The van der Waals surface area contributed by atoms with Gasteiger partial charge < -0.3 is 14.9 Å². The van der Waals surface area contributed by atoms with Crippen molar-refractivity contribution in [1.82, 2.24) is 14.7 Å². The van der Waals surface area contributed by atoms with Gasteiger partial charge in [-0.3, -0.25) is 9.58 Å². The molecule has 1 saturated heterocycles. The summed E-state index contributed by atoms with van der Waals surface area (Å²) in [6.07, 6.45) is 2.57. The average molecular weight is 283 g/mol. The number of likely N-dealkylation sites (N-methyl/N-ethyl adjacent to an activating group) is 1. The number of aliphatic hydroxyl groups is 1. The molecule has 0 unspecified atom stereocenters. The van der Waals surface area contributed by atoms with E-state index in [0.717, 1.165) is 0 Å². The van der Waals surface area contributed by atoms with Gasteiger partial charge in [-0.2, -0.15) is 5.10 Å². The van der Waals surface area contributed by atoms with Gasteiger partial charge in [0.1, 0.15) is 5.56 Å². The number of carbonyl (C=O) groups is 1. The maximum atomic E-state index is 11.1. The molecule has 2 heterocycles. The van der Waals surface area contributed by atoms with Crippen molar-refractivity contribution < 1.29 is 19.7 Å². The molecule has 7 heteroatoms. The second-order valence-corrected chi connectivity index (χ2v) is 5.44. The van der Waals surface area contributed by atoms with Crippen LogP contribution in [0.25, 0.3) is 0 Å². The third-order valence-electron chi connectivity index (χ3n) is 3.70. The van der Waals surface area contributed by atoms with Gasteiger partial charge in [0.05, 0.1) is 17.5 Å². The van der Waals surface area contributed by atoms with Crippen LogP contribution >= 0.6 is 0 Å². The number of carboxylic acid groups (broad SMARTS) is 1. The van der Waals surface area contributed by atoms with E-state index in [9.17, 15) is 9.90 Å². The third-order valence-corrected chi connectivity index (χ3v) is 3.70. The molecule has 112 valence electrons. The first-order valence-electron chi connectivity index (χ1n) is 6.64. The molecule has 0 bridgehead atoms. The number of aromatic carboxylic acids is 1. The lowest BCUT2D eigenvalue weighted by Crippen LogP contribution is -2.45. The average Bonchev–Trinajstić information content (AvgIpc) is 2.71. The minimum absolute atomic E-state index is 0.207. The van der Waals surface area contributed by atoms with Gasteiger partial charge in [-0.1, -0.05) is 0 Å². The Balaban J connectivity index is 2.02. The second-order valence-electron chi connectivity index (χ2n) is 5.44. The topological polar surface area (TPSA) is 87.8 Å². The first-order chi connectivity index (χ1) is 9.41. The lowest BCUT2D eigenvalue weighted by Gasteiger charge is -2.35. The summed E-state index contributed by atoms with van der Waals surface area (Å²) in [6.45, 7) is 2.05. The Bertz CT molecular complexity index is 480. The summed E-state index contributed by atoms with van der Waals surface area (Å²) in [7, 11) is 3.59. The zero-order valence-electron chi connectivity index (χ0n) is 11.9. The SMILES string of the molecule is CN(Cc1c(C(=O)O)cnn1C)CC1(O)CCOCC1. The van der Waals surface area contributed by atoms with E-state index in [0.29, 0.717) is 44.8 Å². The van der Waals surface area contributed by atoms with E-state index < -0.39 is 11.6 Å². The molecular formula is C13H21N3O4. The predicted octanol–water partition coefficient (Wildman–Crippen LogP) is 0.0916. The van der Waals surface area contributed by atoms with E-state index in [1.54, 1.807) is 11.7 Å². The lowest BCUT2D eigenvalue weighted by atomic mass is 9.94. The fourth-order valence-corrected chi connectivity index (χ4v) is 2.55. The van der Waals surface area contributed by atoms with Gasteiger partial charge in [-0.25, -0.2) is 4.79 Å². The van der Waals surface area contributed by atoms with E-state index in [2.05, 4.69) is 5.10 Å². The highest BCUT2D eigenvalue weighted by atomic mass is 16.5. The van der Waals surface area contributed by atoms with Crippen LogP contribution in [0, 0.1) is 0 Å². The van der Waals surface area contributed by atoms with Gasteiger partial charge in [0.15, 0.2) is 0 Å². The zero-order chi connectivity index (χ0) is 14.8. The molecule has 0 amide bonds. The minimum Gasteiger partial charge on any atom is -0.478 e. The summed E-state index contributed by atoms with van der Waals surface area (Å²) in [5.41, 5.74) is 0.0867. The van der Waals surface area contributed by atoms with E-state index in [1.165, 1.54) is 6.20 Å². The molecule has 2 N–H and O–H groups in total. The Kier molecular flexibility index (Phi) is 4.42. The summed E-state index contributed by atoms with van der Waals surface area (Å²) >= 11 is 0. The Morgan fingerprint density at radius 3 is 2.80 bits per heavy atom. The smallest absolute Gasteiger partial charge is 0.339 e. The van der Waals surface area contributed by atoms with Crippen molar-refractivity contribution in [2.75, 3.05) is 26.8 Å². The van der Waals surface area contributed by atoms with E-state index in [4.69, 9.17) is 9.84 Å². The number of ether oxygens (including phenoxy) is 1. The molecule has 0 saturated carbocycles. The second kappa shape index (κ2) is 5.90. The van der Waals surface area contributed by atoms with Crippen LogP contribution < -0.4 is 0 Å². The maximum Gasteiger partial charge on any atom is 0.339 e. The molecule has 0 spiro atoms. The quantitative estimate of drug-likeness (QED) is 0.796. The first-order valence-corrected chi connectivity index (χ1v) is 6.64. The summed E-state index contributed by atoms with van der Waals surface area (Å²) in [4.78, 5) is 13.1. The van der Waals surface area contributed by atoms with Gasteiger partial charge in [0.25, 0.3) is 0 Å². The van der Waals surface area contributed by atoms with Crippen molar-refractivity contribution in [1.29, 1.82) is 0 Å². The van der Waals surface area contributed by atoms with Crippen LogP contribution in [0.2, 0.25) is 0 Å². The molecule has 2 rings (SSSR count). The predicted molar refractivity (Wildman–Crippen MR) is 71.5 cm³/mol. The largest absolute Gasteiger partial charge is 0.478 e. The number of hydrogen-bond donors (Lipinski definition) is 2. The van der Waals surface area contributed by atoms with Crippen molar-refractivity contribution >= 4 is 5.97 Å². The standard InChI is InChI=1S/C13H21N3O4/c1-15(9-13(19)3-5-20-6-4-13)8-11-10(12(17)18)7-14-16(11)2/h7,19H,3-6,8-9H2,1-2H3,(H,17,18). The molecule has 1 fully saturated rings. The van der Waals surface area contributed by atoms with Crippen LogP contribution in [0.3, 0.4) is 0 Å². The Morgan fingerprint density at radius 2 is 2.20 bits per heavy atom. The fourth-order valence-electron chi connectivity index (χ4n) is 2.55. The van der Waals surface area contributed by atoms with E-state index >= 15 is 0 Å². The summed E-state index contributed by atoms with van der Waals surface area (Å²) in [6, 6.07) is 0.